The van der Waals surface area contributed by atoms with Crippen LogP contribution >= 0.6 is 0 Å². The van der Waals surface area contributed by atoms with E-state index in [1.807, 2.05) is 6.92 Å². The van der Waals surface area contributed by atoms with Crippen molar-refractivity contribution in [2.45, 2.75) is 31.8 Å². The van der Waals surface area contributed by atoms with Crippen molar-refractivity contribution in [2.75, 3.05) is 13.7 Å². The number of hydrazine groups is 1. The Labute approximate surface area is 114 Å². The van der Waals surface area contributed by atoms with E-state index in [1.54, 1.807) is 7.11 Å². The monoisotopic (exact) mass is 262 g/mol. The summed E-state index contributed by atoms with van der Waals surface area (Å²) in [5.41, 5.74) is 5.40. The maximum Gasteiger partial charge on any atom is 0.206 e. The number of fused-ring (bicyclic) bond motifs is 1. The summed E-state index contributed by atoms with van der Waals surface area (Å²) in [5, 5.41) is 3.21. The van der Waals surface area contributed by atoms with Gasteiger partial charge in [0.05, 0.1) is 12.6 Å². The number of guanidine groups is 1. The van der Waals surface area contributed by atoms with Crippen LogP contribution in [0.2, 0.25) is 0 Å². The molecule has 0 aromatic heterocycles. The second-order valence-corrected chi connectivity index (χ2v) is 4.95. The number of ether oxygens (including phenoxy) is 1. The van der Waals surface area contributed by atoms with E-state index in [9.17, 15) is 0 Å². The van der Waals surface area contributed by atoms with E-state index in [0.717, 1.165) is 12.8 Å². The summed E-state index contributed by atoms with van der Waals surface area (Å²) in [6.07, 6.45) is 1.95. The molecule has 5 nitrogen and oxygen atoms in total. The van der Waals surface area contributed by atoms with Crippen molar-refractivity contribution in [2.24, 2.45) is 10.8 Å². The highest BCUT2D eigenvalue weighted by Crippen LogP contribution is 2.23. The number of rotatable bonds is 4. The molecule has 0 saturated heterocycles. The van der Waals surface area contributed by atoms with Crippen LogP contribution in [0.1, 0.15) is 18.1 Å². The minimum absolute atomic E-state index is 0.170. The standard InChI is InChI=1S/C14H22N4O/c1-10(9-19-2)16-14(18-15)17-13-7-11-5-3-4-6-12(11)8-13/h3-6,10,13H,7-9,15H2,1-2H3,(H2,16,17,18). The SMILES string of the molecule is COCC(C)NC(=NC1Cc2ccccc2C1)NN. The molecule has 104 valence electrons. The van der Waals surface area contributed by atoms with Crippen molar-refractivity contribution in [3.05, 3.63) is 35.4 Å². The van der Waals surface area contributed by atoms with Crippen LogP contribution in [0.25, 0.3) is 0 Å². The average Bonchev–Trinajstić information content (AvgIpc) is 2.80. The lowest BCUT2D eigenvalue weighted by Gasteiger charge is -2.16. The first kappa shape index (κ1) is 13.8. The van der Waals surface area contributed by atoms with Crippen LogP contribution in [-0.4, -0.2) is 31.8 Å². The van der Waals surface area contributed by atoms with E-state index < -0.39 is 0 Å². The Morgan fingerprint density at radius 2 is 2.05 bits per heavy atom. The lowest BCUT2D eigenvalue weighted by Crippen LogP contribution is -2.47. The van der Waals surface area contributed by atoms with Crippen LogP contribution in [0.3, 0.4) is 0 Å². The summed E-state index contributed by atoms with van der Waals surface area (Å²) in [5.74, 6) is 6.14. The molecule has 4 N–H and O–H groups in total. The van der Waals surface area contributed by atoms with Gasteiger partial charge in [-0.2, -0.15) is 0 Å². The van der Waals surface area contributed by atoms with E-state index in [-0.39, 0.29) is 12.1 Å². The largest absolute Gasteiger partial charge is 0.383 e. The van der Waals surface area contributed by atoms with E-state index in [0.29, 0.717) is 12.6 Å². The molecule has 0 bridgehead atoms. The molecule has 1 aromatic rings. The fourth-order valence-electron chi connectivity index (χ4n) is 2.45. The molecule has 1 aliphatic rings. The predicted octanol–water partition coefficient (Wildman–Crippen LogP) is 0.598. The Balaban J connectivity index is 1.97. The summed E-state index contributed by atoms with van der Waals surface area (Å²) < 4.78 is 5.08. The molecular formula is C14H22N4O. The van der Waals surface area contributed by atoms with Gasteiger partial charge in [0.15, 0.2) is 0 Å². The Hall–Kier alpha value is -1.59. The lowest BCUT2D eigenvalue weighted by atomic mass is 10.1. The first-order valence-electron chi connectivity index (χ1n) is 6.59. The van der Waals surface area contributed by atoms with Crippen LogP contribution < -0.4 is 16.6 Å². The minimum atomic E-state index is 0.170. The third-order valence-electron chi connectivity index (χ3n) is 3.28. The molecular weight excluding hydrogens is 240 g/mol. The normalized spacial score (nSPS) is 17.1. The second-order valence-electron chi connectivity index (χ2n) is 4.95. The molecule has 1 aliphatic carbocycles. The molecule has 1 aromatic carbocycles. The molecule has 1 unspecified atom stereocenters. The fourth-order valence-corrected chi connectivity index (χ4v) is 2.45. The van der Waals surface area contributed by atoms with Crippen LogP contribution in [0.5, 0.6) is 0 Å². The highest BCUT2D eigenvalue weighted by atomic mass is 16.5. The Bertz CT molecular complexity index is 422. The quantitative estimate of drug-likeness (QED) is 0.321. The molecule has 5 heteroatoms. The van der Waals surface area contributed by atoms with E-state index >= 15 is 0 Å². The lowest BCUT2D eigenvalue weighted by molar-refractivity contribution is 0.179. The topological polar surface area (TPSA) is 71.7 Å². The zero-order chi connectivity index (χ0) is 13.7. The first-order valence-corrected chi connectivity index (χ1v) is 6.59. The van der Waals surface area contributed by atoms with Gasteiger partial charge in [0, 0.05) is 13.2 Å². The van der Waals surface area contributed by atoms with Gasteiger partial charge < -0.3 is 10.1 Å². The fraction of sp³-hybridized carbons (Fsp3) is 0.500. The van der Waals surface area contributed by atoms with E-state index in [1.165, 1.54) is 11.1 Å². The molecule has 19 heavy (non-hydrogen) atoms. The third-order valence-corrected chi connectivity index (χ3v) is 3.28. The number of methoxy groups -OCH3 is 1. The highest BCUT2D eigenvalue weighted by Gasteiger charge is 2.20. The van der Waals surface area contributed by atoms with Crippen molar-refractivity contribution >= 4 is 5.96 Å². The van der Waals surface area contributed by atoms with Crippen molar-refractivity contribution < 1.29 is 4.74 Å². The van der Waals surface area contributed by atoms with Gasteiger partial charge in [-0.1, -0.05) is 24.3 Å². The van der Waals surface area contributed by atoms with Crippen LogP contribution in [-0.2, 0) is 17.6 Å². The van der Waals surface area contributed by atoms with Crippen molar-refractivity contribution in [1.29, 1.82) is 0 Å². The maximum atomic E-state index is 5.52. The van der Waals surface area contributed by atoms with Gasteiger partial charge in [0.25, 0.3) is 0 Å². The van der Waals surface area contributed by atoms with Crippen LogP contribution in [0, 0.1) is 0 Å². The summed E-state index contributed by atoms with van der Waals surface area (Å²) in [6.45, 7) is 2.64. The maximum absolute atomic E-state index is 5.52. The third kappa shape index (κ3) is 3.68. The van der Waals surface area contributed by atoms with E-state index in [2.05, 4.69) is 40.0 Å². The summed E-state index contributed by atoms with van der Waals surface area (Å²) in [6, 6.07) is 8.91. The van der Waals surface area contributed by atoms with Crippen molar-refractivity contribution in [1.82, 2.24) is 10.7 Å². The molecule has 1 atom stereocenters. The number of aliphatic imine (C=N–C) groups is 1. The first-order chi connectivity index (χ1) is 9.22. The van der Waals surface area contributed by atoms with Gasteiger partial charge in [0.1, 0.15) is 0 Å². The zero-order valence-corrected chi connectivity index (χ0v) is 11.5. The second kappa shape index (κ2) is 6.54. The number of nitrogens with one attached hydrogen (secondary N) is 2. The van der Waals surface area contributed by atoms with Gasteiger partial charge in [0.2, 0.25) is 5.96 Å². The van der Waals surface area contributed by atoms with Gasteiger partial charge in [-0.15, -0.1) is 0 Å². The summed E-state index contributed by atoms with van der Waals surface area (Å²) >= 11 is 0. The number of nitrogens with zero attached hydrogens (tertiary/aromatic N) is 1. The molecule has 0 heterocycles. The number of hydrogen-bond acceptors (Lipinski definition) is 3. The molecule has 0 amide bonds. The minimum Gasteiger partial charge on any atom is -0.383 e. The Kier molecular flexibility index (Phi) is 4.76. The van der Waals surface area contributed by atoms with Crippen molar-refractivity contribution in [3.8, 4) is 0 Å². The van der Waals surface area contributed by atoms with Gasteiger partial charge in [-0.3, -0.25) is 5.43 Å². The highest BCUT2D eigenvalue weighted by molar-refractivity contribution is 5.79. The van der Waals surface area contributed by atoms with E-state index in [4.69, 9.17) is 10.6 Å². The number of nitrogens with two attached hydrogens (primary N) is 1. The van der Waals surface area contributed by atoms with Gasteiger partial charge in [-0.25, -0.2) is 10.8 Å². The van der Waals surface area contributed by atoms with Crippen LogP contribution in [0.15, 0.2) is 29.3 Å². The average molecular weight is 262 g/mol. The Morgan fingerprint density at radius 3 is 2.58 bits per heavy atom. The molecule has 2 rings (SSSR count). The summed E-state index contributed by atoms with van der Waals surface area (Å²) in [7, 11) is 1.68. The Morgan fingerprint density at radius 1 is 1.42 bits per heavy atom. The number of benzene rings is 1. The van der Waals surface area contributed by atoms with Gasteiger partial charge in [-0.05, 0) is 30.9 Å². The summed E-state index contributed by atoms with van der Waals surface area (Å²) in [4.78, 5) is 4.64. The molecule has 0 saturated carbocycles. The van der Waals surface area contributed by atoms with Crippen molar-refractivity contribution in [3.63, 3.8) is 0 Å². The smallest absolute Gasteiger partial charge is 0.206 e. The zero-order valence-electron chi connectivity index (χ0n) is 11.5. The molecule has 0 aliphatic heterocycles. The predicted molar refractivity (Wildman–Crippen MR) is 76.9 cm³/mol. The number of hydrogen-bond donors (Lipinski definition) is 3. The molecule has 0 radical (unpaired) electrons. The molecule has 0 fully saturated rings. The molecule has 0 spiro atoms. The van der Waals surface area contributed by atoms with Crippen LogP contribution in [0.4, 0.5) is 0 Å². The van der Waals surface area contributed by atoms with Gasteiger partial charge >= 0.3 is 0 Å².